The van der Waals surface area contributed by atoms with E-state index in [2.05, 4.69) is 41.5 Å². The zero-order valence-corrected chi connectivity index (χ0v) is 12.8. The summed E-state index contributed by atoms with van der Waals surface area (Å²) >= 11 is 0. The molecule has 19 heavy (non-hydrogen) atoms. The molecule has 1 aromatic carbocycles. The van der Waals surface area contributed by atoms with Gasteiger partial charge >= 0.3 is 0 Å². The molecule has 0 aliphatic rings. The molecule has 1 N–H and O–H groups in total. The van der Waals surface area contributed by atoms with E-state index in [-0.39, 0.29) is 10.8 Å². The molecule has 0 aliphatic carbocycles. The Kier molecular flexibility index (Phi) is 4.27. The summed E-state index contributed by atoms with van der Waals surface area (Å²) in [6, 6.07) is 3.97. The Morgan fingerprint density at radius 1 is 1.05 bits per heavy atom. The minimum atomic E-state index is -0.134. The molecular weight excluding hydrogens is 236 g/mol. The smallest absolute Gasteiger partial charge is 0.123 e. The van der Waals surface area contributed by atoms with Crippen LogP contribution in [0.3, 0.4) is 0 Å². The third kappa shape index (κ3) is 3.71. The number of allylic oxidation sites excluding steroid dienone is 1. The predicted octanol–water partition coefficient (Wildman–Crippen LogP) is 3.92. The van der Waals surface area contributed by atoms with Crippen molar-refractivity contribution in [3.05, 3.63) is 34.9 Å². The van der Waals surface area contributed by atoms with Crippen LogP contribution < -0.4 is 0 Å². The van der Waals surface area contributed by atoms with Gasteiger partial charge in [0.05, 0.1) is 0 Å². The van der Waals surface area contributed by atoms with Crippen LogP contribution in [0.4, 0.5) is 0 Å². The van der Waals surface area contributed by atoms with E-state index in [0.717, 1.165) is 16.7 Å². The van der Waals surface area contributed by atoms with Crippen LogP contribution in [0.1, 0.15) is 58.2 Å². The SMILES string of the molecule is CC(C)(C)c1cc(CC=C=O)cc(C(C)(C)C)c1O. The normalized spacial score (nSPS) is 12.1. The minimum absolute atomic E-state index is 0.134. The second-order valence-electron chi connectivity index (χ2n) is 7.07. The Hall–Kier alpha value is -1.53. The molecule has 0 aliphatic heterocycles. The lowest BCUT2D eigenvalue weighted by Crippen LogP contribution is -2.17. The zero-order valence-electron chi connectivity index (χ0n) is 12.8. The van der Waals surface area contributed by atoms with E-state index in [1.54, 1.807) is 0 Å². The lowest BCUT2D eigenvalue weighted by molar-refractivity contribution is 0.423. The van der Waals surface area contributed by atoms with Gasteiger partial charge in [-0.15, -0.1) is 0 Å². The van der Waals surface area contributed by atoms with Gasteiger partial charge in [0, 0.05) is 12.5 Å². The van der Waals surface area contributed by atoms with Crippen LogP contribution in [0.15, 0.2) is 18.2 Å². The Morgan fingerprint density at radius 2 is 1.47 bits per heavy atom. The van der Waals surface area contributed by atoms with Crippen molar-refractivity contribution < 1.29 is 9.90 Å². The second-order valence-corrected chi connectivity index (χ2v) is 7.07. The van der Waals surface area contributed by atoms with Crippen molar-refractivity contribution in [2.75, 3.05) is 0 Å². The average Bonchev–Trinajstić information content (AvgIpc) is 2.24. The van der Waals surface area contributed by atoms with Crippen molar-refractivity contribution in [3.8, 4) is 5.75 Å². The quantitative estimate of drug-likeness (QED) is 0.818. The van der Waals surface area contributed by atoms with E-state index in [0.29, 0.717) is 12.2 Å². The van der Waals surface area contributed by atoms with Gasteiger partial charge in [-0.05, 0) is 27.5 Å². The highest BCUT2D eigenvalue weighted by Crippen LogP contribution is 2.39. The summed E-state index contributed by atoms with van der Waals surface area (Å²) in [5.74, 6) is 2.18. The van der Waals surface area contributed by atoms with Crippen molar-refractivity contribution in [1.82, 2.24) is 0 Å². The third-order valence-corrected chi connectivity index (χ3v) is 3.21. The van der Waals surface area contributed by atoms with Crippen molar-refractivity contribution >= 4 is 5.94 Å². The molecule has 0 aromatic heterocycles. The number of phenols is 1. The summed E-state index contributed by atoms with van der Waals surface area (Å²) in [6.45, 7) is 12.5. The van der Waals surface area contributed by atoms with E-state index in [1.807, 2.05) is 18.1 Å². The van der Waals surface area contributed by atoms with Crippen molar-refractivity contribution in [2.45, 2.75) is 58.8 Å². The van der Waals surface area contributed by atoms with Gasteiger partial charge in [-0.1, -0.05) is 53.7 Å². The highest BCUT2D eigenvalue weighted by Gasteiger charge is 2.26. The lowest BCUT2D eigenvalue weighted by Gasteiger charge is -2.28. The van der Waals surface area contributed by atoms with Crippen LogP contribution in [0.25, 0.3) is 0 Å². The Labute approximate surface area is 116 Å². The third-order valence-electron chi connectivity index (χ3n) is 3.21. The lowest BCUT2D eigenvalue weighted by atomic mass is 9.78. The van der Waals surface area contributed by atoms with E-state index >= 15 is 0 Å². The maximum absolute atomic E-state index is 10.5. The molecule has 2 heteroatoms. The van der Waals surface area contributed by atoms with Crippen LogP contribution >= 0.6 is 0 Å². The number of hydrogen-bond acceptors (Lipinski definition) is 2. The van der Waals surface area contributed by atoms with Gasteiger partial charge in [0.1, 0.15) is 11.7 Å². The fourth-order valence-electron chi connectivity index (χ4n) is 2.12. The van der Waals surface area contributed by atoms with Gasteiger partial charge in [-0.2, -0.15) is 0 Å². The number of carbonyl (C=O) groups excluding carboxylic acids is 1. The first-order chi connectivity index (χ1) is 8.57. The Morgan fingerprint density at radius 3 is 1.79 bits per heavy atom. The molecule has 1 aromatic rings. The number of aromatic hydroxyl groups is 1. The second kappa shape index (κ2) is 5.22. The molecule has 0 unspecified atom stereocenters. The molecule has 0 bridgehead atoms. The standard InChI is InChI=1S/C17H24O2/c1-16(2,3)13-10-12(8-7-9-18)11-14(15(13)19)17(4,5)6/h7,10-11,19H,8H2,1-6H3. The average molecular weight is 260 g/mol. The van der Waals surface area contributed by atoms with Crippen LogP contribution in [0.5, 0.6) is 5.75 Å². The summed E-state index contributed by atoms with van der Waals surface area (Å²) in [6.07, 6.45) is 2.03. The fourth-order valence-corrected chi connectivity index (χ4v) is 2.12. The van der Waals surface area contributed by atoms with Gasteiger partial charge in [-0.3, -0.25) is 0 Å². The van der Waals surface area contributed by atoms with Crippen molar-refractivity contribution in [1.29, 1.82) is 0 Å². The van der Waals surface area contributed by atoms with Crippen LogP contribution in [0, 0.1) is 0 Å². The van der Waals surface area contributed by atoms with E-state index < -0.39 is 0 Å². The maximum Gasteiger partial charge on any atom is 0.123 e. The maximum atomic E-state index is 10.5. The zero-order chi connectivity index (χ0) is 14.8. The highest BCUT2D eigenvalue weighted by atomic mass is 16.3. The fraction of sp³-hybridized carbons (Fsp3) is 0.529. The van der Waals surface area contributed by atoms with Crippen molar-refractivity contribution in [2.24, 2.45) is 0 Å². The molecule has 0 fully saturated rings. The molecular formula is C17H24O2. The largest absolute Gasteiger partial charge is 0.507 e. The predicted molar refractivity (Wildman–Crippen MR) is 79.5 cm³/mol. The van der Waals surface area contributed by atoms with Crippen molar-refractivity contribution in [3.63, 3.8) is 0 Å². The summed E-state index contributed by atoms with van der Waals surface area (Å²) < 4.78 is 0. The van der Waals surface area contributed by atoms with Gasteiger partial charge in [-0.25, -0.2) is 4.79 Å². The first-order valence-electron chi connectivity index (χ1n) is 6.63. The Balaban J connectivity index is 3.52. The van der Waals surface area contributed by atoms with E-state index in [9.17, 15) is 9.90 Å². The molecule has 104 valence electrons. The molecule has 0 saturated carbocycles. The summed E-state index contributed by atoms with van der Waals surface area (Å²) in [7, 11) is 0. The van der Waals surface area contributed by atoms with Crippen LogP contribution in [0.2, 0.25) is 0 Å². The molecule has 0 atom stereocenters. The van der Waals surface area contributed by atoms with E-state index in [1.165, 1.54) is 6.08 Å². The van der Waals surface area contributed by atoms with Gasteiger partial charge in [0.25, 0.3) is 0 Å². The highest BCUT2D eigenvalue weighted by molar-refractivity contribution is 5.52. The summed E-state index contributed by atoms with van der Waals surface area (Å²) in [5.41, 5.74) is 2.62. The number of benzene rings is 1. The first-order valence-corrected chi connectivity index (χ1v) is 6.63. The molecule has 0 saturated heterocycles. The first kappa shape index (κ1) is 15.5. The molecule has 0 radical (unpaired) electrons. The monoisotopic (exact) mass is 260 g/mol. The van der Waals surface area contributed by atoms with E-state index in [4.69, 9.17) is 0 Å². The topological polar surface area (TPSA) is 37.3 Å². The minimum Gasteiger partial charge on any atom is -0.507 e. The van der Waals surface area contributed by atoms with Gasteiger partial charge < -0.3 is 5.11 Å². The number of hydrogen-bond donors (Lipinski definition) is 1. The van der Waals surface area contributed by atoms with Crippen LogP contribution in [-0.2, 0) is 22.0 Å². The molecule has 1 rings (SSSR count). The Bertz CT molecular complexity index is 472. The summed E-state index contributed by atoms with van der Waals surface area (Å²) in [4.78, 5) is 10.4. The van der Waals surface area contributed by atoms with Crippen LogP contribution in [-0.4, -0.2) is 11.0 Å². The van der Waals surface area contributed by atoms with Gasteiger partial charge in [0.2, 0.25) is 0 Å². The molecule has 2 nitrogen and oxygen atoms in total. The molecule has 0 heterocycles. The summed E-state index contributed by atoms with van der Waals surface area (Å²) in [5, 5.41) is 10.5. The number of phenolic OH excluding ortho intramolecular Hbond substituents is 1. The van der Waals surface area contributed by atoms with Gasteiger partial charge in [0.15, 0.2) is 0 Å². The number of rotatable bonds is 2. The molecule has 0 spiro atoms. The molecule has 0 amide bonds.